The van der Waals surface area contributed by atoms with Crippen LogP contribution in [0.25, 0.3) is 11.1 Å². The third-order valence-corrected chi connectivity index (χ3v) is 4.86. The Morgan fingerprint density at radius 2 is 1.72 bits per heavy atom. The largest absolute Gasteiger partial charge is 0.496 e. The molecule has 0 bridgehead atoms. The maximum Gasteiger partial charge on any atom is 0.257 e. The normalized spacial score (nSPS) is 11.2. The van der Waals surface area contributed by atoms with Crippen LogP contribution in [0.1, 0.15) is 47.2 Å². The van der Waals surface area contributed by atoms with Crippen molar-refractivity contribution in [2.24, 2.45) is 5.73 Å². The summed E-state index contributed by atoms with van der Waals surface area (Å²) >= 11 is 0. The number of amides is 2. The summed E-state index contributed by atoms with van der Waals surface area (Å²) in [6.45, 7) is 5.93. The molecule has 0 atom stereocenters. The van der Waals surface area contributed by atoms with Crippen molar-refractivity contribution in [3.05, 3.63) is 77.1 Å². The molecule has 0 unspecified atom stereocenters. The van der Waals surface area contributed by atoms with E-state index in [1.807, 2.05) is 20.8 Å². The second kappa shape index (κ2) is 8.74. The fourth-order valence-corrected chi connectivity index (χ4v) is 3.15. The first-order chi connectivity index (χ1) is 15.0. The Bertz CT molecular complexity index is 1200. The van der Waals surface area contributed by atoms with Crippen LogP contribution in [0.3, 0.4) is 0 Å². The highest BCUT2D eigenvalue weighted by atomic mass is 19.1. The average Bonchev–Trinajstić information content (AvgIpc) is 2.73. The van der Waals surface area contributed by atoms with Crippen molar-refractivity contribution in [1.29, 1.82) is 0 Å². The van der Waals surface area contributed by atoms with Gasteiger partial charge in [-0.25, -0.2) is 8.78 Å². The molecule has 3 N–H and O–H groups in total. The zero-order valence-corrected chi connectivity index (χ0v) is 18.1. The zero-order chi connectivity index (χ0) is 23.6. The van der Waals surface area contributed by atoms with Crippen LogP contribution in [0.4, 0.5) is 14.5 Å². The molecule has 0 spiro atoms. The number of carbonyl (C=O) groups is 2. The summed E-state index contributed by atoms with van der Waals surface area (Å²) in [6, 6.07) is 9.29. The Kier molecular flexibility index (Phi) is 6.25. The van der Waals surface area contributed by atoms with Crippen molar-refractivity contribution in [3.63, 3.8) is 0 Å². The number of hydrogen-bond donors (Lipinski definition) is 2. The van der Waals surface area contributed by atoms with Crippen LogP contribution in [-0.2, 0) is 5.41 Å². The van der Waals surface area contributed by atoms with Gasteiger partial charge in [0.2, 0.25) is 0 Å². The highest BCUT2D eigenvalue weighted by Crippen LogP contribution is 2.35. The van der Waals surface area contributed by atoms with Gasteiger partial charge in [0.1, 0.15) is 17.4 Å². The predicted octanol–water partition coefficient (Wildman–Crippen LogP) is 4.68. The number of hydrogen-bond acceptors (Lipinski definition) is 4. The van der Waals surface area contributed by atoms with E-state index >= 15 is 0 Å². The van der Waals surface area contributed by atoms with E-state index < -0.39 is 23.4 Å². The number of aromatic nitrogens is 1. The molecule has 3 rings (SSSR count). The van der Waals surface area contributed by atoms with Gasteiger partial charge in [0.15, 0.2) is 0 Å². The number of primary amides is 1. The first-order valence-electron chi connectivity index (χ1n) is 9.76. The summed E-state index contributed by atoms with van der Waals surface area (Å²) in [5.74, 6) is -2.52. The lowest BCUT2D eigenvalue weighted by Gasteiger charge is -2.21. The first-order valence-corrected chi connectivity index (χ1v) is 9.76. The Morgan fingerprint density at radius 1 is 1.00 bits per heavy atom. The molecule has 0 aliphatic carbocycles. The number of halogens is 2. The minimum atomic E-state index is -0.952. The minimum absolute atomic E-state index is 0.183. The summed E-state index contributed by atoms with van der Waals surface area (Å²) in [7, 11) is 1.41. The SMILES string of the molecule is COc1cc(F)ccc1-c1cc(C(C)(C)C)ncc1C(=O)Nc1ccc(F)c(C(N)=O)c1. The summed E-state index contributed by atoms with van der Waals surface area (Å²) in [6.07, 6.45) is 1.42. The molecule has 6 nitrogen and oxygen atoms in total. The maximum absolute atomic E-state index is 13.8. The lowest BCUT2D eigenvalue weighted by Crippen LogP contribution is -2.19. The smallest absolute Gasteiger partial charge is 0.257 e. The van der Waals surface area contributed by atoms with E-state index in [9.17, 15) is 18.4 Å². The van der Waals surface area contributed by atoms with Gasteiger partial charge in [0.25, 0.3) is 11.8 Å². The molecule has 32 heavy (non-hydrogen) atoms. The topological polar surface area (TPSA) is 94.3 Å². The predicted molar refractivity (Wildman–Crippen MR) is 118 cm³/mol. The molecule has 2 amide bonds. The molecule has 1 heterocycles. The van der Waals surface area contributed by atoms with Gasteiger partial charge in [0, 0.05) is 40.2 Å². The lowest BCUT2D eigenvalue weighted by molar-refractivity contribution is 0.0992. The molecule has 0 saturated carbocycles. The zero-order valence-electron chi connectivity index (χ0n) is 18.1. The number of rotatable bonds is 5. The van der Waals surface area contributed by atoms with Crippen LogP contribution in [0.15, 0.2) is 48.7 Å². The van der Waals surface area contributed by atoms with Gasteiger partial charge in [-0.05, 0) is 36.4 Å². The van der Waals surface area contributed by atoms with E-state index in [2.05, 4.69) is 10.3 Å². The van der Waals surface area contributed by atoms with E-state index in [4.69, 9.17) is 10.5 Å². The van der Waals surface area contributed by atoms with E-state index in [1.165, 1.54) is 37.6 Å². The van der Waals surface area contributed by atoms with E-state index in [1.54, 1.807) is 6.07 Å². The van der Waals surface area contributed by atoms with Gasteiger partial charge < -0.3 is 15.8 Å². The number of carbonyl (C=O) groups excluding carboxylic acids is 2. The molecule has 0 aliphatic heterocycles. The molecule has 1 aromatic heterocycles. The number of pyridine rings is 1. The van der Waals surface area contributed by atoms with Crippen molar-refractivity contribution in [2.45, 2.75) is 26.2 Å². The number of anilines is 1. The quantitative estimate of drug-likeness (QED) is 0.603. The van der Waals surface area contributed by atoms with Gasteiger partial charge in [-0.3, -0.25) is 14.6 Å². The number of methoxy groups -OCH3 is 1. The van der Waals surface area contributed by atoms with E-state index in [0.717, 1.165) is 12.1 Å². The van der Waals surface area contributed by atoms with Crippen molar-refractivity contribution >= 4 is 17.5 Å². The number of benzene rings is 2. The van der Waals surface area contributed by atoms with Gasteiger partial charge >= 0.3 is 0 Å². The fourth-order valence-electron chi connectivity index (χ4n) is 3.15. The van der Waals surface area contributed by atoms with Crippen LogP contribution in [0, 0.1) is 11.6 Å². The Labute approximate surface area is 184 Å². The van der Waals surface area contributed by atoms with Crippen LogP contribution in [0.5, 0.6) is 5.75 Å². The molecule has 0 saturated heterocycles. The highest BCUT2D eigenvalue weighted by Gasteiger charge is 2.23. The Morgan fingerprint density at radius 3 is 2.34 bits per heavy atom. The van der Waals surface area contributed by atoms with E-state index in [-0.39, 0.29) is 28.0 Å². The minimum Gasteiger partial charge on any atom is -0.496 e. The number of ether oxygens (including phenoxy) is 1. The van der Waals surface area contributed by atoms with E-state index in [0.29, 0.717) is 16.8 Å². The van der Waals surface area contributed by atoms with Gasteiger partial charge in [-0.15, -0.1) is 0 Å². The molecular weight excluding hydrogens is 416 g/mol. The highest BCUT2D eigenvalue weighted by molar-refractivity contribution is 6.09. The molecule has 0 radical (unpaired) electrons. The second-order valence-corrected chi connectivity index (χ2v) is 8.22. The summed E-state index contributed by atoms with van der Waals surface area (Å²) < 4.78 is 32.9. The van der Waals surface area contributed by atoms with Crippen molar-refractivity contribution in [3.8, 4) is 16.9 Å². The molecule has 0 fully saturated rings. The van der Waals surface area contributed by atoms with Crippen molar-refractivity contribution in [2.75, 3.05) is 12.4 Å². The molecule has 2 aromatic carbocycles. The van der Waals surface area contributed by atoms with Crippen LogP contribution < -0.4 is 15.8 Å². The molecular formula is C24H23F2N3O3. The standard InChI is InChI=1S/C24H23F2N3O3/c1-24(2,3)21-11-16(15-7-5-13(25)9-20(15)32-4)18(12-28-21)23(31)29-14-6-8-19(26)17(10-14)22(27)30/h5-12H,1-4H3,(H2,27,30)(H,29,31). The molecule has 0 aliphatic rings. The van der Waals surface area contributed by atoms with Gasteiger partial charge in [-0.1, -0.05) is 20.8 Å². The Hall–Kier alpha value is -3.81. The van der Waals surface area contributed by atoms with Gasteiger partial charge in [0.05, 0.1) is 18.2 Å². The Balaban J connectivity index is 2.11. The molecule has 3 aromatic rings. The maximum atomic E-state index is 13.8. The third kappa shape index (κ3) is 4.74. The van der Waals surface area contributed by atoms with Gasteiger partial charge in [-0.2, -0.15) is 0 Å². The second-order valence-electron chi connectivity index (χ2n) is 8.22. The number of nitrogens with zero attached hydrogens (tertiary/aromatic N) is 1. The van der Waals surface area contributed by atoms with Crippen molar-refractivity contribution < 1.29 is 23.1 Å². The number of nitrogens with two attached hydrogens (primary N) is 1. The summed E-state index contributed by atoms with van der Waals surface area (Å²) in [5.41, 5.74) is 6.60. The summed E-state index contributed by atoms with van der Waals surface area (Å²) in [5, 5.41) is 2.63. The average molecular weight is 439 g/mol. The monoisotopic (exact) mass is 439 g/mol. The van der Waals surface area contributed by atoms with Crippen LogP contribution in [-0.4, -0.2) is 23.9 Å². The van der Waals surface area contributed by atoms with Crippen molar-refractivity contribution in [1.82, 2.24) is 4.98 Å². The lowest BCUT2D eigenvalue weighted by atomic mass is 9.88. The molecule has 8 heteroatoms. The first kappa shape index (κ1) is 22.9. The van der Waals surface area contributed by atoms with Crippen LogP contribution in [0.2, 0.25) is 0 Å². The van der Waals surface area contributed by atoms with Crippen LogP contribution >= 0.6 is 0 Å². The third-order valence-electron chi connectivity index (χ3n) is 4.86. The summed E-state index contributed by atoms with van der Waals surface area (Å²) in [4.78, 5) is 29.0. The molecule has 166 valence electrons. The number of nitrogens with one attached hydrogen (secondary N) is 1. The fraction of sp³-hybridized carbons (Fsp3) is 0.208.